The molecule has 1 N–H and O–H groups in total. The van der Waals surface area contributed by atoms with E-state index in [-0.39, 0.29) is 5.91 Å². The van der Waals surface area contributed by atoms with E-state index in [1.165, 1.54) is 6.33 Å². The average molecular weight is 404 g/mol. The molecule has 0 fully saturated rings. The lowest BCUT2D eigenvalue weighted by atomic mass is 10.1. The van der Waals surface area contributed by atoms with Crippen LogP contribution in [0.5, 0.6) is 0 Å². The van der Waals surface area contributed by atoms with Gasteiger partial charge >= 0.3 is 0 Å². The molecule has 0 aliphatic heterocycles. The van der Waals surface area contributed by atoms with Crippen molar-refractivity contribution in [3.05, 3.63) is 77.2 Å². The topological polar surface area (TPSA) is 72.2 Å². The van der Waals surface area contributed by atoms with E-state index in [1.807, 2.05) is 62.4 Å². The number of nitrogens with one attached hydrogen (secondary N) is 1. The minimum Gasteiger partial charge on any atom is -0.322 e. The Morgan fingerprint density at radius 3 is 2.66 bits per heavy atom. The van der Waals surface area contributed by atoms with Crippen LogP contribution in [0, 0.1) is 13.8 Å². The number of benzene rings is 2. The highest BCUT2D eigenvalue weighted by Crippen LogP contribution is 2.32. The van der Waals surface area contributed by atoms with Gasteiger partial charge in [-0.2, -0.15) is 14.6 Å². The van der Waals surface area contributed by atoms with Crippen molar-refractivity contribution < 1.29 is 4.79 Å². The molecule has 0 saturated carbocycles. The number of aryl methyl sites for hydroxylation is 2. The molecule has 146 valence electrons. The Bertz CT molecular complexity index is 1180. The fourth-order valence-corrected chi connectivity index (χ4v) is 4.30. The van der Waals surface area contributed by atoms with Gasteiger partial charge in [0.15, 0.2) is 0 Å². The molecule has 0 spiro atoms. The van der Waals surface area contributed by atoms with Crippen molar-refractivity contribution in [2.45, 2.75) is 37.1 Å². The number of rotatable bonds is 5. The molecule has 0 aliphatic carbocycles. The largest absolute Gasteiger partial charge is 0.322 e. The second kappa shape index (κ2) is 8.05. The molecule has 29 heavy (non-hydrogen) atoms. The first-order chi connectivity index (χ1) is 14.0. The number of anilines is 1. The highest BCUT2D eigenvalue weighted by atomic mass is 32.2. The molecule has 6 nitrogen and oxygen atoms in total. The van der Waals surface area contributed by atoms with Crippen molar-refractivity contribution in [1.82, 2.24) is 19.6 Å². The molecule has 0 saturated heterocycles. The zero-order valence-electron chi connectivity index (χ0n) is 16.5. The van der Waals surface area contributed by atoms with E-state index in [0.29, 0.717) is 11.3 Å². The van der Waals surface area contributed by atoms with Crippen LogP contribution in [0.4, 0.5) is 5.69 Å². The number of aromatic nitrogens is 4. The normalized spacial score (nSPS) is 11.0. The second-order valence-corrected chi connectivity index (χ2v) is 7.82. The maximum absolute atomic E-state index is 12.4. The molecule has 0 radical (unpaired) electrons. The van der Waals surface area contributed by atoms with Crippen LogP contribution in [0.15, 0.2) is 64.8 Å². The summed E-state index contributed by atoms with van der Waals surface area (Å²) in [5, 5.41) is 8.29. The van der Waals surface area contributed by atoms with Crippen molar-refractivity contribution >= 4 is 29.1 Å². The lowest BCUT2D eigenvalue weighted by Crippen LogP contribution is -2.11. The molecule has 0 aliphatic rings. The van der Waals surface area contributed by atoms with E-state index < -0.39 is 0 Å². The summed E-state index contributed by atoms with van der Waals surface area (Å²) in [6.07, 6.45) is 2.39. The van der Waals surface area contributed by atoms with E-state index in [4.69, 9.17) is 0 Å². The number of fused-ring (bicyclic) bond motifs is 1. The molecule has 7 heteroatoms. The van der Waals surface area contributed by atoms with Crippen LogP contribution in [0.1, 0.15) is 34.1 Å². The number of nitrogens with zero attached hydrogens (tertiary/aromatic N) is 4. The number of hydrogen-bond acceptors (Lipinski definition) is 5. The molecule has 2 aromatic heterocycles. The van der Waals surface area contributed by atoms with Crippen molar-refractivity contribution in [2.75, 3.05) is 5.32 Å². The van der Waals surface area contributed by atoms with E-state index >= 15 is 0 Å². The third-order valence-corrected chi connectivity index (χ3v) is 5.77. The number of amides is 1. The SMILES string of the molecule is CCc1c(C)nc2ncnn2c1Sc1ccc(NC(=O)c2cccc(C)c2)cc1. The zero-order chi connectivity index (χ0) is 20.4. The highest BCUT2D eigenvalue weighted by Gasteiger charge is 2.14. The maximum Gasteiger partial charge on any atom is 0.255 e. The van der Waals surface area contributed by atoms with E-state index in [1.54, 1.807) is 16.3 Å². The smallest absolute Gasteiger partial charge is 0.255 e. The van der Waals surface area contributed by atoms with Gasteiger partial charge in [-0.3, -0.25) is 4.79 Å². The van der Waals surface area contributed by atoms with Gasteiger partial charge in [0, 0.05) is 27.4 Å². The van der Waals surface area contributed by atoms with Gasteiger partial charge in [-0.15, -0.1) is 0 Å². The highest BCUT2D eigenvalue weighted by molar-refractivity contribution is 7.99. The molecular weight excluding hydrogens is 382 g/mol. The van der Waals surface area contributed by atoms with Gasteiger partial charge in [0.25, 0.3) is 11.7 Å². The summed E-state index contributed by atoms with van der Waals surface area (Å²) in [4.78, 5) is 22.2. The molecule has 0 atom stereocenters. The van der Waals surface area contributed by atoms with Gasteiger partial charge in [-0.05, 0) is 56.7 Å². The summed E-state index contributed by atoms with van der Waals surface area (Å²) in [7, 11) is 0. The molecule has 2 heterocycles. The molecule has 1 amide bonds. The zero-order valence-corrected chi connectivity index (χ0v) is 17.3. The summed E-state index contributed by atoms with van der Waals surface area (Å²) in [6.45, 7) is 6.09. The molecule has 0 unspecified atom stereocenters. The lowest BCUT2D eigenvalue weighted by Gasteiger charge is -2.12. The Kier molecular flexibility index (Phi) is 5.31. The van der Waals surface area contributed by atoms with Gasteiger partial charge in [0.05, 0.1) is 0 Å². The standard InChI is InChI=1S/C22H21N5OS/c1-4-19-15(3)25-22-23-13-24-27(22)21(19)29-18-10-8-17(9-11-18)26-20(28)16-7-5-6-14(2)12-16/h5-13H,4H2,1-3H3,(H,26,28). The molecular formula is C22H21N5OS. The molecule has 2 aromatic carbocycles. The van der Waals surface area contributed by atoms with Crippen LogP contribution < -0.4 is 5.32 Å². The van der Waals surface area contributed by atoms with Crippen molar-refractivity contribution in [1.29, 1.82) is 0 Å². The minimum absolute atomic E-state index is 0.114. The van der Waals surface area contributed by atoms with Gasteiger partial charge in [-0.25, -0.2) is 4.98 Å². The van der Waals surface area contributed by atoms with E-state index in [0.717, 1.165) is 38.9 Å². The third kappa shape index (κ3) is 4.00. The van der Waals surface area contributed by atoms with Gasteiger partial charge < -0.3 is 5.32 Å². The van der Waals surface area contributed by atoms with Crippen LogP contribution in [0.3, 0.4) is 0 Å². The fraction of sp³-hybridized carbons (Fsp3) is 0.182. The monoisotopic (exact) mass is 403 g/mol. The molecule has 4 rings (SSSR count). The summed E-state index contributed by atoms with van der Waals surface area (Å²) in [5.74, 6) is 0.487. The maximum atomic E-state index is 12.4. The minimum atomic E-state index is -0.114. The summed E-state index contributed by atoms with van der Waals surface area (Å²) in [6, 6.07) is 15.4. The third-order valence-electron chi connectivity index (χ3n) is 4.65. The van der Waals surface area contributed by atoms with Crippen LogP contribution in [0.2, 0.25) is 0 Å². The summed E-state index contributed by atoms with van der Waals surface area (Å²) < 4.78 is 1.78. The predicted molar refractivity (Wildman–Crippen MR) is 115 cm³/mol. The van der Waals surface area contributed by atoms with Crippen LogP contribution in [0.25, 0.3) is 5.78 Å². The first-order valence-electron chi connectivity index (χ1n) is 9.40. The molecule has 4 aromatic rings. The Labute approximate surface area is 173 Å². The van der Waals surface area contributed by atoms with Crippen molar-refractivity contribution in [3.63, 3.8) is 0 Å². The predicted octanol–water partition coefficient (Wildman–Crippen LogP) is 4.71. The van der Waals surface area contributed by atoms with Crippen LogP contribution in [-0.2, 0) is 6.42 Å². The number of carbonyl (C=O) groups is 1. The number of hydrogen-bond donors (Lipinski definition) is 1. The van der Waals surface area contributed by atoms with Crippen molar-refractivity contribution in [2.24, 2.45) is 0 Å². The first-order valence-corrected chi connectivity index (χ1v) is 10.2. The Balaban J connectivity index is 1.56. The second-order valence-electron chi connectivity index (χ2n) is 6.76. The Morgan fingerprint density at radius 2 is 1.93 bits per heavy atom. The Hall–Kier alpha value is -3.19. The van der Waals surface area contributed by atoms with Crippen LogP contribution in [-0.4, -0.2) is 25.5 Å². The summed E-state index contributed by atoms with van der Waals surface area (Å²) in [5.41, 5.74) is 4.59. The van der Waals surface area contributed by atoms with Crippen molar-refractivity contribution in [3.8, 4) is 0 Å². The average Bonchev–Trinajstić information content (AvgIpc) is 3.17. The van der Waals surface area contributed by atoms with Gasteiger partial charge in [0.1, 0.15) is 11.4 Å². The van der Waals surface area contributed by atoms with E-state index in [2.05, 4.69) is 27.3 Å². The lowest BCUT2D eigenvalue weighted by molar-refractivity contribution is 0.102. The van der Waals surface area contributed by atoms with E-state index in [9.17, 15) is 4.79 Å². The van der Waals surface area contributed by atoms with Crippen LogP contribution >= 0.6 is 11.8 Å². The summed E-state index contributed by atoms with van der Waals surface area (Å²) >= 11 is 1.62. The fourth-order valence-electron chi connectivity index (χ4n) is 3.17. The number of carbonyl (C=O) groups excluding carboxylic acids is 1. The quantitative estimate of drug-likeness (QED) is 0.489. The Morgan fingerprint density at radius 1 is 1.14 bits per heavy atom. The van der Waals surface area contributed by atoms with Gasteiger partial charge in [0.2, 0.25) is 0 Å². The van der Waals surface area contributed by atoms with Gasteiger partial charge in [-0.1, -0.05) is 36.4 Å². The first kappa shape index (κ1) is 19.1. The molecule has 0 bridgehead atoms.